The SMILES string of the molecule is CNCC(CCOc1ccc(Br)cc1)c1ccc(Br)cc1. The van der Waals surface area contributed by atoms with Gasteiger partial charge in [0, 0.05) is 15.5 Å². The monoisotopic (exact) mass is 411 g/mol. The lowest BCUT2D eigenvalue weighted by Crippen LogP contribution is -2.19. The molecule has 0 radical (unpaired) electrons. The smallest absolute Gasteiger partial charge is 0.119 e. The van der Waals surface area contributed by atoms with Crippen molar-refractivity contribution >= 4 is 31.9 Å². The fourth-order valence-corrected chi connectivity index (χ4v) is 2.75. The van der Waals surface area contributed by atoms with E-state index in [0.717, 1.165) is 27.7 Å². The van der Waals surface area contributed by atoms with Crippen molar-refractivity contribution in [2.45, 2.75) is 12.3 Å². The molecule has 2 rings (SSSR count). The van der Waals surface area contributed by atoms with E-state index in [-0.39, 0.29) is 0 Å². The Morgan fingerprint density at radius 2 is 1.52 bits per heavy atom. The molecule has 0 aliphatic rings. The number of ether oxygens (including phenoxy) is 1. The predicted octanol–water partition coefficient (Wildman–Crippen LogP) is 4.98. The van der Waals surface area contributed by atoms with E-state index in [1.807, 2.05) is 31.3 Å². The van der Waals surface area contributed by atoms with Crippen molar-refractivity contribution in [1.29, 1.82) is 0 Å². The highest BCUT2D eigenvalue weighted by molar-refractivity contribution is 9.10. The second kappa shape index (κ2) is 8.57. The van der Waals surface area contributed by atoms with Gasteiger partial charge in [0.1, 0.15) is 5.75 Å². The molecule has 0 aromatic heterocycles. The maximum absolute atomic E-state index is 5.83. The van der Waals surface area contributed by atoms with Gasteiger partial charge in [-0.3, -0.25) is 0 Å². The second-order valence-corrected chi connectivity index (χ2v) is 6.73. The summed E-state index contributed by atoms with van der Waals surface area (Å²) < 4.78 is 8.00. The summed E-state index contributed by atoms with van der Waals surface area (Å²) in [5, 5.41) is 3.26. The topological polar surface area (TPSA) is 21.3 Å². The lowest BCUT2D eigenvalue weighted by atomic mass is 9.96. The molecule has 2 aromatic rings. The van der Waals surface area contributed by atoms with E-state index in [4.69, 9.17) is 4.74 Å². The van der Waals surface area contributed by atoms with Gasteiger partial charge in [0.15, 0.2) is 0 Å². The number of rotatable bonds is 7. The van der Waals surface area contributed by atoms with Crippen molar-refractivity contribution in [3.05, 3.63) is 63.0 Å². The molecule has 2 aromatic carbocycles. The van der Waals surface area contributed by atoms with Gasteiger partial charge in [-0.25, -0.2) is 0 Å². The highest BCUT2D eigenvalue weighted by atomic mass is 79.9. The molecule has 0 aliphatic heterocycles. The summed E-state index contributed by atoms with van der Waals surface area (Å²) in [6.45, 7) is 1.66. The molecule has 21 heavy (non-hydrogen) atoms. The molecule has 0 saturated heterocycles. The highest BCUT2D eigenvalue weighted by Crippen LogP contribution is 2.22. The molecule has 0 saturated carbocycles. The normalized spacial score (nSPS) is 12.1. The molecule has 1 unspecified atom stereocenters. The Hall–Kier alpha value is -0.840. The third-order valence-electron chi connectivity index (χ3n) is 3.34. The predicted molar refractivity (Wildman–Crippen MR) is 95.1 cm³/mol. The van der Waals surface area contributed by atoms with Crippen LogP contribution in [0.25, 0.3) is 0 Å². The van der Waals surface area contributed by atoms with Crippen LogP contribution in [0.5, 0.6) is 5.75 Å². The Balaban J connectivity index is 1.90. The number of nitrogens with one attached hydrogen (secondary N) is 1. The fourth-order valence-electron chi connectivity index (χ4n) is 2.22. The first kappa shape index (κ1) is 16.5. The van der Waals surface area contributed by atoms with Crippen LogP contribution in [-0.2, 0) is 0 Å². The molecule has 0 heterocycles. The van der Waals surface area contributed by atoms with Crippen LogP contribution in [0.4, 0.5) is 0 Å². The Bertz CT molecular complexity index is 540. The number of halogens is 2. The van der Waals surface area contributed by atoms with Gasteiger partial charge in [-0.1, -0.05) is 44.0 Å². The number of hydrogen-bond acceptors (Lipinski definition) is 2. The molecular weight excluding hydrogens is 394 g/mol. The van der Waals surface area contributed by atoms with E-state index in [1.54, 1.807) is 0 Å². The van der Waals surface area contributed by atoms with Crippen LogP contribution in [0.1, 0.15) is 17.9 Å². The Morgan fingerprint density at radius 1 is 0.952 bits per heavy atom. The van der Waals surface area contributed by atoms with Crippen molar-refractivity contribution in [3.8, 4) is 5.75 Å². The zero-order chi connectivity index (χ0) is 15.1. The van der Waals surface area contributed by atoms with Crippen molar-refractivity contribution in [2.24, 2.45) is 0 Å². The lowest BCUT2D eigenvalue weighted by Gasteiger charge is -2.17. The van der Waals surface area contributed by atoms with Gasteiger partial charge in [-0.15, -0.1) is 0 Å². The van der Waals surface area contributed by atoms with Crippen LogP contribution < -0.4 is 10.1 Å². The van der Waals surface area contributed by atoms with Crippen molar-refractivity contribution in [3.63, 3.8) is 0 Å². The molecule has 1 N–H and O–H groups in total. The quantitative estimate of drug-likeness (QED) is 0.691. The highest BCUT2D eigenvalue weighted by Gasteiger charge is 2.11. The van der Waals surface area contributed by atoms with E-state index in [1.165, 1.54) is 5.56 Å². The molecule has 0 spiro atoms. The summed E-state index contributed by atoms with van der Waals surface area (Å²) in [5.74, 6) is 1.37. The fraction of sp³-hybridized carbons (Fsp3) is 0.294. The first-order chi connectivity index (χ1) is 10.2. The van der Waals surface area contributed by atoms with Crippen LogP contribution in [0.15, 0.2) is 57.5 Å². The minimum absolute atomic E-state index is 0.457. The number of benzene rings is 2. The molecule has 0 amide bonds. The largest absolute Gasteiger partial charge is 0.494 e. The third kappa shape index (κ3) is 5.46. The Labute approximate surface area is 143 Å². The molecule has 0 aliphatic carbocycles. The summed E-state index contributed by atoms with van der Waals surface area (Å²) in [6, 6.07) is 16.5. The first-order valence-corrected chi connectivity index (χ1v) is 8.56. The summed E-state index contributed by atoms with van der Waals surface area (Å²) in [4.78, 5) is 0. The number of hydrogen-bond donors (Lipinski definition) is 1. The van der Waals surface area contributed by atoms with Crippen LogP contribution >= 0.6 is 31.9 Å². The van der Waals surface area contributed by atoms with Crippen molar-refractivity contribution < 1.29 is 4.74 Å². The molecular formula is C17H19Br2NO. The third-order valence-corrected chi connectivity index (χ3v) is 4.40. The van der Waals surface area contributed by atoms with E-state index in [0.29, 0.717) is 12.5 Å². The summed E-state index contributed by atoms with van der Waals surface area (Å²) in [7, 11) is 1.99. The second-order valence-electron chi connectivity index (χ2n) is 4.90. The van der Waals surface area contributed by atoms with E-state index >= 15 is 0 Å². The first-order valence-electron chi connectivity index (χ1n) is 6.97. The van der Waals surface area contributed by atoms with Gasteiger partial charge >= 0.3 is 0 Å². The van der Waals surface area contributed by atoms with Crippen LogP contribution in [-0.4, -0.2) is 20.2 Å². The summed E-state index contributed by atoms with van der Waals surface area (Å²) in [5.41, 5.74) is 1.34. The maximum Gasteiger partial charge on any atom is 0.119 e. The number of likely N-dealkylation sites (N-methyl/N-ethyl adjacent to an activating group) is 1. The minimum atomic E-state index is 0.457. The van der Waals surface area contributed by atoms with Crippen molar-refractivity contribution in [1.82, 2.24) is 5.32 Å². The van der Waals surface area contributed by atoms with Gasteiger partial charge in [0.2, 0.25) is 0 Å². The zero-order valence-corrected chi connectivity index (χ0v) is 15.2. The van der Waals surface area contributed by atoms with Crippen LogP contribution in [0.3, 0.4) is 0 Å². The molecule has 0 bridgehead atoms. The van der Waals surface area contributed by atoms with Crippen LogP contribution in [0.2, 0.25) is 0 Å². The van der Waals surface area contributed by atoms with E-state index in [9.17, 15) is 0 Å². The molecule has 4 heteroatoms. The molecule has 112 valence electrons. The Kier molecular flexibility index (Phi) is 6.74. The molecule has 0 fully saturated rings. The van der Waals surface area contributed by atoms with Gasteiger partial charge in [-0.2, -0.15) is 0 Å². The van der Waals surface area contributed by atoms with Crippen molar-refractivity contribution in [2.75, 3.05) is 20.2 Å². The van der Waals surface area contributed by atoms with E-state index < -0.39 is 0 Å². The maximum atomic E-state index is 5.83. The average molecular weight is 413 g/mol. The zero-order valence-electron chi connectivity index (χ0n) is 12.0. The van der Waals surface area contributed by atoms with Crippen LogP contribution in [0, 0.1) is 0 Å². The molecule has 2 nitrogen and oxygen atoms in total. The Morgan fingerprint density at radius 3 is 2.10 bits per heavy atom. The average Bonchev–Trinajstić information content (AvgIpc) is 2.49. The standard InChI is InChI=1S/C17H19Br2NO/c1-20-12-14(13-2-4-15(18)5-3-13)10-11-21-17-8-6-16(19)7-9-17/h2-9,14,20H,10-12H2,1H3. The summed E-state index contributed by atoms with van der Waals surface area (Å²) in [6.07, 6.45) is 0.985. The van der Waals surface area contributed by atoms with Gasteiger partial charge < -0.3 is 10.1 Å². The lowest BCUT2D eigenvalue weighted by molar-refractivity contribution is 0.296. The summed E-state index contributed by atoms with van der Waals surface area (Å²) >= 11 is 6.90. The van der Waals surface area contributed by atoms with Gasteiger partial charge in [0.25, 0.3) is 0 Å². The molecule has 1 atom stereocenters. The minimum Gasteiger partial charge on any atom is -0.494 e. The van der Waals surface area contributed by atoms with E-state index in [2.05, 4.69) is 61.4 Å². The van der Waals surface area contributed by atoms with Gasteiger partial charge in [-0.05, 0) is 61.3 Å². The van der Waals surface area contributed by atoms with Gasteiger partial charge in [0.05, 0.1) is 6.61 Å².